The van der Waals surface area contributed by atoms with Crippen molar-refractivity contribution in [3.63, 3.8) is 0 Å². The molecule has 284 valence electrons. The fourth-order valence-corrected chi connectivity index (χ4v) is 9.69. The van der Waals surface area contributed by atoms with Gasteiger partial charge in [0.2, 0.25) is 6.71 Å². The van der Waals surface area contributed by atoms with Crippen molar-refractivity contribution in [2.75, 3.05) is 4.90 Å². The number of para-hydroxylation sites is 2. The van der Waals surface area contributed by atoms with Crippen LogP contribution < -0.4 is 21.3 Å². The number of benzene rings is 9. The van der Waals surface area contributed by atoms with E-state index in [0.717, 1.165) is 45.1 Å². The fourth-order valence-electron chi connectivity index (χ4n) is 9.69. The second-order valence-corrected chi connectivity index (χ2v) is 15.9. The molecule has 0 saturated heterocycles. The van der Waals surface area contributed by atoms with Crippen LogP contribution in [0.15, 0.2) is 231 Å². The van der Waals surface area contributed by atoms with Crippen molar-refractivity contribution in [1.29, 1.82) is 0 Å². The number of nitrogens with zero attached hydrogens (tertiary/aromatic N) is 3. The first-order valence-electron chi connectivity index (χ1n) is 21.0. The van der Waals surface area contributed by atoms with E-state index in [1.165, 1.54) is 60.2 Å². The standard InChI is InChI=1S/C57H38BN3/c1-6-18-39(19-7-1)43-35-52(41-21-8-2-9-22-41)59-53(36-43)42-31-32-54-50(34-42)58(44-23-10-3-11-24-44)51-38-47(60(45-25-12-4-13-26-45)46-27-14-5-15-28-46)37-49-56-48-29-17-16-20-40(48)30-33-55(56)61(54)57(49)51/h1-38H. The molecule has 1 aliphatic heterocycles. The van der Waals surface area contributed by atoms with E-state index in [0.29, 0.717) is 0 Å². The highest BCUT2D eigenvalue weighted by molar-refractivity contribution is 6.98. The van der Waals surface area contributed by atoms with Crippen LogP contribution in [0.25, 0.3) is 71.9 Å². The SMILES string of the molecule is c1ccc(B2c3cc(-c4cc(-c5ccccc5)cc(-c5ccccc5)n4)ccc3-n3c4ccc5ccccc5c4c4cc(N(c5ccccc5)c5ccccc5)cc2c43)cc1. The first-order chi connectivity index (χ1) is 30.3. The number of hydrogen-bond acceptors (Lipinski definition) is 2. The predicted octanol–water partition coefficient (Wildman–Crippen LogP) is 12.6. The first-order valence-corrected chi connectivity index (χ1v) is 21.0. The van der Waals surface area contributed by atoms with Crippen molar-refractivity contribution in [2.24, 2.45) is 0 Å². The van der Waals surface area contributed by atoms with E-state index in [9.17, 15) is 0 Å². The van der Waals surface area contributed by atoms with Gasteiger partial charge < -0.3 is 9.47 Å². The third-order valence-corrected chi connectivity index (χ3v) is 12.4. The number of hydrogen-bond donors (Lipinski definition) is 0. The Bertz CT molecular complexity index is 3300. The summed E-state index contributed by atoms with van der Waals surface area (Å²) in [4.78, 5) is 7.80. The third-order valence-electron chi connectivity index (χ3n) is 12.4. The minimum atomic E-state index is -0.0547. The molecule has 0 fully saturated rings. The number of fused-ring (bicyclic) bond motifs is 7. The highest BCUT2D eigenvalue weighted by Gasteiger charge is 2.35. The molecule has 0 atom stereocenters. The van der Waals surface area contributed by atoms with Gasteiger partial charge in [0, 0.05) is 44.6 Å². The summed E-state index contributed by atoms with van der Waals surface area (Å²) in [5.74, 6) is 0. The van der Waals surface area contributed by atoms with Crippen LogP contribution in [-0.2, 0) is 0 Å². The van der Waals surface area contributed by atoms with Crippen molar-refractivity contribution < 1.29 is 0 Å². The molecule has 0 unspecified atom stereocenters. The van der Waals surface area contributed by atoms with Gasteiger partial charge in [0.1, 0.15) is 0 Å². The molecule has 4 heteroatoms. The Kier molecular flexibility index (Phi) is 8.27. The van der Waals surface area contributed by atoms with Crippen LogP contribution in [-0.4, -0.2) is 16.3 Å². The monoisotopic (exact) mass is 775 g/mol. The molecule has 0 N–H and O–H groups in total. The average molecular weight is 776 g/mol. The Morgan fingerprint density at radius 1 is 0.393 bits per heavy atom. The molecule has 61 heavy (non-hydrogen) atoms. The van der Waals surface area contributed by atoms with Crippen molar-refractivity contribution in [2.45, 2.75) is 0 Å². The quantitative estimate of drug-likeness (QED) is 0.150. The van der Waals surface area contributed by atoms with Crippen LogP contribution >= 0.6 is 0 Å². The van der Waals surface area contributed by atoms with Crippen molar-refractivity contribution in [3.05, 3.63) is 231 Å². The minimum Gasteiger partial charge on any atom is -0.311 e. The van der Waals surface area contributed by atoms with Gasteiger partial charge in [-0.25, -0.2) is 4.98 Å². The Morgan fingerprint density at radius 3 is 1.67 bits per heavy atom. The molecular weight excluding hydrogens is 737 g/mol. The third kappa shape index (κ3) is 5.87. The zero-order valence-electron chi connectivity index (χ0n) is 33.4. The van der Waals surface area contributed by atoms with Gasteiger partial charge in [-0.1, -0.05) is 175 Å². The normalized spacial score (nSPS) is 11.9. The lowest BCUT2D eigenvalue weighted by Crippen LogP contribution is -2.56. The molecule has 9 aromatic carbocycles. The average Bonchev–Trinajstić information content (AvgIpc) is 3.68. The summed E-state index contributed by atoms with van der Waals surface area (Å²) in [6, 6.07) is 83.6. The summed E-state index contributed by atoms with van der Waals surface area (Å²) in [7, 11) is 0. The van der Waals surface area contributed by atoms with Crippen LogP contribution in [0.4, 0.5) is 17.1 Å². The lowest BCUT2D eigenvalue weighted by molar-refractivity contribution is 1.19. The zero-order chi connectivity index (χ0) is 40.3. The smallest absolute Gasteiger partial charge is 0.246 e. The van der Waals surface area contributed by atoms with Gasteiger partial charge in [-0.3, -0.25) is 0 Å². The van der Waals surface area contributed by atoms with E-state index >= 15 is 0 Å². The predicted molar refractivity (Wildman–Crippen MR) is 258 cm³/mol. The first kappa shape index (κ1) is 35.0. The Hall–Kier alpha value is -7.95. The zero-order valence-corrected chi connectivity index (χ0v) is 33.4. The molecule has 0 aliphatic carbocycles. The van der Waals surface area contributed by atoms with Crippen LogP contribution in [0.3, 0.4) is 0 Å². The summed E-state index contributed by atoms with van der Waals surface area (Å²) >= 11 is 0. The lowest BCUT2D eigenvalue weighted by atomic mass is 9.35. The van der Waals surface area contributed by atoms with Crippen LogP contribution in [0.1, 0.15) is 0 Å². The van der Waals surface area contributed by atoms with Gasteiger partial charge in [0.25, 0.3) is 0 Å². The molecule has 1 aliphatic rings. The van der Waals surface area contributed by atoms with Gasteiger partial charge in [-0.2, -0.15) is 0 Å². The van der Waals surface area contributed by atoms with Gasteiger partial charge in [-0.15, -0.1) is 0 Å². The van der Waals surface area contributed by atoms with Crippen molar-refractivity contribution >= 4 is 72.7 Å². The summed E-state index contributed by atoms with van der Waals surface area (Å²) in [5.41, 5.74) is 17.2. The molecule has 0 bridgehead atoms. The van der Waals surface area contributed by atoms with Crippen LogP contribution in [0.5, 0.6) is 0 Å². The summed E-state index contributed by atoms with van der Waals surface area (Å²) in [5, 5.41) is 5.00. The molecule has 11 aromatic rings. The molecule has 0 amide bonds. The topological polar surface area (TPSA) is 21.1 Å². The number of rotatable bonds is 7. The molecule has 12 rings (SSSR count). The van der Waals surface area contributed by atoms with E-state index in [1.54, 1.807) is 0 Å². The molecule has 2 aromatic heterocycles. The Morgan fingerprint density at radius 2 is 0.984 bits per heavy atom. The van der Waals surface area contributed by atoms with Crippen molar-refractivity contribution in [3.8, 4) is 39.3 Å². The summed E-state index contributed by atoms with van der Waals surface area (Å²) < 4.78 is 2.54. The Labute approximate surface area is 355 Å². The maximum absolute atomic E-state index is 5.39. The fraction of sp³-hybridized carbons (Fsp3) is 0. The number of pyridine rings is 1. The lowest BCUT2D eigenvalue weighted by Gasteiger charge is -2.30. The molecule has 0 saturated carbocycles. The second-order valence-electron chi connectivity index (χ2n) is 15.9. The number of aromatic nitrogens is 2. The molecule has 3 heterocycles. The largest absolute Gasteiger partial charge is 0.311 e. The van der Waals surface area contributed by atoms with E-state index in [4.69, 9.17) is 4.98 Å². The van der Waals surface area contributed by atoms with E-state index in [1.807, 2.05) is 0 Å². The van der Waals surface area contributed by atoms with Gasteiger partial charge in [-0.05, 0) is 99.1 Å². The van der Waals surface area contributed by atoms with Gasteiger partial charge >= 0.3 is 0 Å². The molecule has 0 radical (unpaired) electrons. The van der Waals surface area contributed by atoms with Crippen LogP contribution in [0.2, 0.25) is 0 Å². The molecular formula is C57H38BN3. The summed E-state index contributed by atoms with van der Waals surface area (Å²) in [6.45, 7) is -0.0547. The van der Waals surface area contributed by atoms with Crippen LogP contribution in [0, 0.1) is 0 Å². The van der Waals surface area contributed by atoms with Gasteiger partial charge in [0.15, 0.2) is 0 Å². The van der Waals surface area contributed by atoms with Crippen molar-refractivity contribution in [1.82, 2.24) is 9.55 Å². The number of anilines is 3. The van der Waals surface area contributed by atoms with E-state index in [-0.39, 0.29) is 6.71 Å². The minimum absolute atomic E-state index is 0.0547. The van der Waals surface area contributed by atoms with E-state index < -0.39 is 0 Å². The highest BCUT2D eigenvalue weighted by atomic mass is 15.1. The maximum Gasteiger partial charge on any atom is 0.246 e. The summed E-state index contributed by atoms with van der Waals surface area (Å²) in [6.07, 6.45) is 0. The maximum atomic E-state index is 5.39. The molecule has 3 nitrogen and oxygen atoms in total. The Balaban J connectivity index is 1.17. The van der Waals surface area contributed by atoms with E-state index in [2.05, 4.69) is 240 Å². The second kappa shape index (κ2) is 14.4. The van der Waals surface area contributed by atoms with Gasteiger partial charge in [0.05, 0.1) is 16.9 Å². The molecule has 0 spiro atoms. The highest BCUT2D eigenvalue weighted by Crippen LogP contribution is 2.42.